The van der Waals surface area contributed by atoms with Crippen LogP contribution in [0.2, 0.25) is 0 Å². The molecule has 12 heteroatoms. The van der Waals surface area contributed by atoms with Crippen LogP contribution < -0.4 is 10.6 Å². The number of halogens is 7. The molecule has 1 amide bonds. The van der Waals surface area contributed by atoms with Gasteiger partial charge in [0.2, 0.25) is 5.91 Å². The third-order valence-electron chi connectivity index (χ3n) is 4.48. The second kappa shape index (κ2) is 9.15. The van der Waals surface area contributed by atoms with E-state index in [2.05, 4.69) is 4.99 Å². The predicted octanol–water partition coefficient (Wildman–Crippen LogP) is 3.79. The number of aliphatic imine (C=N–C) groups is 1. The molecule has 0 atom stereocenters. The molecule has 0 aromatic heterocycles. The van der Waals surface area contributed by atoms with Crippen LogP contribution in [-0.2, 0) is 11.0 Å². The molecule has 0 radical (unpaired) electrons. The Kier molecular flexibility index (Phi) is 7.27. The van der Waals surface area contributed by atoms with Crippen molar-refractivity contribution >= 4 is 28.9 Å². The number of amides is 1. The van der Waals surface area contributed by atoms with Crippen molar-refractivity contribution in [2.75, 3.05) is 37.6 Å². The summed E-state index contributed by atoms with van der Waals surface area (Å²) in [6, 6.07) is 4.90. The number of nitrogens with zero attached hydrogens (tertiary/aromatic N) is 3. The van der Waals surface area contributed by atoms with E-state index in [1.807, 2.05) is 0 Å². The van der Waals surface area contributed by atoms with Gasteiger partial charge in [0.05, 0.1) is 16.3 Å². The van der Waals surface area contributed by atoms with E-state index in [1.165, 1.54) is 17.9 Å². The van der Waals surface area contributed by atoms with Crippen molar-refractivity contribution in [3.63, 3.8) is 0 Å². The molecule has 2 rings (SSSR count). The smallest absolute Gasteiger partial charge is 0.393 e. The lowest BCUT2D eigenvalue weighted by Crippen LogP contribution is -2.49. The summed E-state index contributed by atoms with van der Waals surface area (Å²) < 4.78 is 76.2. The zero-order valence-corrected chi connectivity index (χ0v) is 16.6. The number of anilines is 1. The van der Waals surface area contributed by atoms with Crippen molar-refractivity contribution in [1.82, 2.24) is 4.90 Å². The van der Waals surface area contributed by atoms with Gasteiger partial charge in [-0.05, 0) is 25.1 Å². The summed E-state index contributed by atoms with van der Waals surface area (Å²) in [5.74, 6) is -0.437. The lowest BCUT2D eigenvalue weighted by molar-refractivity contribution is -0.137. The number of allylic oxidation sites excluding steroid dienone is 2. The van der Waals surface area contributed by atoms with E-state index >= 15 is 0 Å². The minimum absolute atomic E-state index is 0.220. The van der Waals surface area contributed by atoms with Gasteiger partial charge in [-0.25, -0.2) is 0 Å². The van der Waals surface area contributed by atoms with E-state index in [0.717, 1.165) is 12.1 Å². The first kappa shape index (κ1) is 23.8. The van der Waals surface area contributed by atoms with Crippen LogP contribution in [0.25, 0.3) is 0 Å². The minimum atomic E-state index is -4.81. The number of carbonyl (C=O) groups is 1. The third-order valence-corrected chi connectivity index (χ3v) is 4.96. The molecule has 0 unspecified atom stereocenters. The summed E-state index contributed by atoms with van der Waals surface area (Å²) in [6.45, 7) is 1.86. The van der Waals surface area contributed by atoms with Gasteiger partial charge < -0.3 is 15.5 Å². The van der Waals surface area contributed by atoms with Crippen molar-refractivity contribution in [2.45, 2.75) is 19.3 Å². The Morgan fingerprint density at radius 2 is 1.73 bits per heavy atom. The number of carbonyl (C=O) groups excluding carboxylic acids is 1. The van der Waals surface area contributed by atoms with Crippen LogP contribution >= 0.6 is 11.6 Å². The van der Waals surface area contributed by atoms with Gasteiger partial charge in [-0.15, -0.1) is 0 Å². The maximum atomic E-state index is 12.9. The Labute approximate surface area is 173 Å². The highest BCUT2D eigenvalue weighted by atomic mass is 35.5. The van der Waals surface area contributed by atoms with Crippen LogP contribution in [0.1, 0.15) is 12.5 Å². The molecule has 1 aliphatic heterocycles. The molecular formula is C18H19ClF6N4O. The molecule has 0 saturated carbocycles. The number of piperazine rings is 1. The fourth-order valence-electron chi connectivity index (χ4n) is 2.77. The summed E-state index contributed by atoms with van der Waals surface area (Å²) in [6.07, 6.45) is -9.26. The summed E-state index contributed by atoms with van der Waals surface area (Å²) in [5, 5.41) is -0.773. The minimum Gasteiger partial charge on any atom is -0.393 e. The first-order chi connectivity index (χ1) is 13.8. The molecule has 2 N–H and O–H groups in total. The lowest BCUT2D eigenvalue weighted by Gasteiger charge is -2.36. The molecule has 5 nitrogen and oxygen atoms in total. The van der Waals surface area contributed by atoms with Crippen molar-refractivity contribution < 1.29 is 31.1 Å². The summed E-state index contributed by atoms with van der Waals surface area (Å²) >= 11 is 5.56. The quantitative estimate of drug-likeness (QED) is 0.554. The Morgan fingerprint density at radius 1 is 1.13 bits per heavy atom. The van der Waals surface area contributed by atoms with E-state index in [-0.39, 0.29) is 18.8 Å². The van der Waals surface area contributed by atoms with E-state index in [9.17, 15) is 31.1 Å². The van der Waals surface area contributed by atoms with Gasteiger partial charge in [0, 0.05) is 31.9 Å². The van der Waals surface area contributed by atoms with E-state index in [0.29, 0.717) is 18.8 Å². The van der Waals surface area contributed by atoms with Gasteiger partial charge in [-0.1, -0.05) is 17.7 Å². The molecule has 1 aromatic carbocycles. The third kappa shape index (κ3) is 6.04. The largest absolute Gasteiger partial charge is 0.432 e. The maximum absolute atomic E-state index is 12.9. The molecule has 30 heavy (non-hydrogen) atoms. The monoisotopic (exact) mass is 456 g/mol. The molecule has 1 heterocycles. The summed E-state index contributed by atoms with van der Waals surface area (Å²) in [7, 11) is 0. The van der Waals surface area contributed by atoms with Crippen molar-refractivity contribution in [1.29, 1.82) is 0 Å². The van der Waals surface area contributed by atoms with E-state index in [1.54, 1.807) is 11.0 Å². The van der Waals surface area contributed by atoms with Gasteiger partial charge in [0.25, 0.3) is 0 Å². The lowest BCUT2D eigenvalue weighted by atomic mass is 10.1. The van der Waals surface area contributed by atoms with Gasteiger partial charge in [0.1, 0.15) is 12.2 Å². The van der Waals surface area contributed by atoms with E-state index in [4.69, 9.17) is 17.3 Å². The van der Waals surface area contributed by atoms with Crippen LogP contribution in [0.15, 0.2) is 40.0 Å². The molecule has 166 valence electrons. The van der Waals surface area contributed by atoms with Crippen LogP contribution in [0, 0.1) is 0 Å². The normalized spacial score (nSPS) is 17.1. The van der Waals surface area contributed by atoms with Gasteiger partial charge in [-0.3, -0.25) is 9.79 Å². The Balaban J connectivity index is 1.96. The molecule has 1 aliphatic rings. The number of alkyl halides is 6. The first-order valence-electron chi connectivity index (χ1n) is 8.74. The Hall–Kier alpha value is -2.43. The van der Waals surface area contributed by atoms with Crippen molar-refractivity contribution in [3.8, 4) is 0 Å². The average molecular weight is 457 g/mol. The Morgan fingerprint density at radius 3 is 2.27 bits per heavy atom. The second-order valence-electron chi connectivity index (χ2n) is 6.54. The van der Waals surface area contributed by atoms with Gasteiger partial charge in [-0.2, -0.15) is 26.3 Å². The number of hydrogen-bond donors (Lipinski definition) is 1. The highest BCUT2D eigenvalue weighted by Gasteiger charge is 2.34. The molecule has 1 saturated heterocycles. The highest BCUT2D eigenvalue weighted by molar-refractivity contribution is 6.43. The number of rotatable bonds is 4. The van der Waals surface area contributed by atoms with Crippen LogP contribution in [0.4, 0.5) is 32.0 Å². The highest BCUT2D eigenvalue weighted by Crippen LogP contribution is 2.32. The van der Waals surface area contributed by atoms with Gasteiger partial charge in [0.15, 0.2) is 0 Å². The number of hydrogen-bond acceptors (Lipinski definition) is 4. The fourth-order valence-corrected chi connectivity index (χ4v) is 2.93. The zero-order valence-electron chi connectivity index (χ0n) is 15.8. The van der Waals surface area contributed by atoms with E-state index < -0.39 is 41.1 Å². The molecular weight excluding hydrogens is 438 g/mol. The van der Waals surface area contributed by atoms with Crippen LogP contribution in [0.5, 0.6) is 0 Å². The predicted molar refractivity (Wildman–Crippen MR) is 101 cm³/mol. The zero-order chi connectivity index (χ0) is 22.7. The summed E-state index contributed by atoms with van der Waals surface area (Å²) in [5.41, 5.74) is 2.85. The Bertz CT molecular complexity index is 842. The molecule has 0 aliphatic carbocycles. The first-order valence-corrected chi connectivity index (χ1v) is 9.12. The maximum Gasteiger partial charge on any atom is 0.432 e. The molecule has 1 aromatic rings. The second-order valence-corrected chi connectivity index (χ2v) is 6.92. The van der Waals surface area contributed by atoms with Crippen LogP contribution in [-0.4, -0.2) is 55.4 Å². The van der Waals surface area contributed by atoms with Crippen molar-refractivity contribution in [2.24, 2.45) is 10.7 Å². The van der Waals surface area contributed by atoms with Crippen LogP contribution in [0.3, 0.4) is 0 Å². The number of nitrogens with two attached hydrogens (primary N) is 1. The van der Waals surface area contributed by atoms with Gasteiger partial charge >= 0.3 is 12.4 Å². The SMILES string of the molecule is CC(=NCC(=O)N1CCN(c2cccc(C(F)(F)F)c2)CC1)C(Cl)=C(N)C(F)(F)F. The molecule has 0 spiro atoms. The average Bonchev–Trinajstić information content (AvgIpc) is 2.69. The van der Waals surface area contributed by atoms with Crippen molar-refractivity contribution in [3.05, 3.63) is 40.6 Å². The number of benzene rings is 1. The molecule has 1 fully saturated rings. The molecule has 0 bridgehead atoms. The summed E-state index contributed by atoms with van der Waals surface area (Å²) in [4.78, 5) is 19.2. The topological polar surface area (TPSA) is 61.9 Å². The fraction of sp³-hybridized carbons (Fsp3) is 0.444. The standard InChI is InChI=1S/C18H19ClF6N4O/c1-11(15(19)16(26)18(23,24)25)27-10-14(30)29-7-5-28(6-8-29)13-4-2-3-12(9-13)17(20,21)22/h2-4,9H,5-8,10,26H2,1H3.